The van der Waals surface area contributed by atoms with Gasteiger partial charge in [0.15, 0.2) is 12.4 Å². The Balaban J connectivity index is 2.03. The topological polar surface area (TPSA) is 97.6 Å². The van der Waals surface area contributed by atoms with Crippen molar-refractivity contribution in [3.63, 3.8) is 0 Å². The van der Waals surface area contributed by atoms with E-state index in [0.29, 0.717) is 5.69 Å². The zero-order valence-electron chi connectivity index (χ0n) is 14.3. The molecule has 0 radical (unpaired) electrons. The lowest BCUT2D eigenvalue weighted by molar-refractivity contribution is -0.124. The van der Waals surface area contributed by atoms with Crippen LogP contribution in [0.15, 0.2) is 41.0 Å². The Bertz CT molecular complexity index is 766. The maximum Gasteiger partial charge on any atom is 0.338 e. The lowest BCUT2D eigenvalue weighted by Crippen LogP contribution is -2.34. The van der Waals surface area contributed by atoms with Crippen LogP contribution in [0.3, 0.4) is 0 Å². The van der Waals surface area contributed by atoms with E-state index in [2.05, 4.69) is 10.6 Å². The second kappa shape index (κ2) is 8.14. The third-order valence-electron chi connectivity index (χ3n) is 3.25. The Morgan fingerprint density at radius 3 is 2.60 bits per heavy atom. The summed E-state index contributed by atoms with van der Waals surface area (Å²) in [5.74, 6) is -1.28. The van der Waals surface area contributed by atoms with Crippen LogP contribution in [0.5, 0.6) is 0 Å². The summed E-state index contributed by atoms with van der Waals surface area (Å²) in [7, 11) is 0. The molecule has 2 amide bonds. The predicted octanol–water partition coefficient (Wildman–Crippen LogP) is 2.52. The predicted molar refractivity (Wildman–Crippen MR) is 91.4 cm³/mol. The first-order chi connectivity index (χ1) is 11.9. The molecule has 0 saturated heterocycles. The third-order valence-corrected chi connectivity index (χ3v) is 3.25. The van der Waals surface area contributed by atoms with E-state index in [1.165, 1.54) is 18.4 Å². The minimum Gasteiger partial charge on any atom is -0.459 e. The molecule has 0 atom stereocenters. The maximum atomic E-state index is 12.1. The van der Waals surface area contributed by atoms with Crippen LogP contribution in [0.4, 0.5) is 5.69 Å². The number of hydrogen-bond acceptors (Lipinski definition) is 5. The fourth-order valence-electron chi connectivity index (χ4n) is 2.05. The van der Waals surface area contributed by atoms with Crippen molar-refractivity contribution in [2.75, 3.05) is 11.9 Å². The molecule has 7 heteroatoms. The SMILES string of the molecule is Cc1ccc(C(=O)OCC(=O)NC(C)C)cc1NC(=O)c1ccco1. The van der Waals surface area contributed by atoms with Gasteiger partial charge in [0, 0.05) is 11.7 Å². The molecule has 7 nitrogen and oxygen atoms in total. The van der Waals surface area contributed by atoms with Crippen molar-refractivity contribution in [3.05, 3.63) is 53.5 Å². The molecule has 0 aliphatic heterocycles. The molecule has 0 unspecified atom stereocenters. The van der Waals surface area contributed by atoms with E-state index >= 15 is 0 Å². The Morgan fingerprint density at radius 1 is 1.20 bits per heavy atom. The minimum absolute atomic E-state index is 0.0333. The van der Waals surface area contributed by atoms with Gasteiger partial charge in [0.25, 0.3) is 11.8 Å². The first-order valence-corrected chi connectivity index (χ1v) is 7.79. The van der Waals surface area contributed by atoms with Gasteiger partial charge in [-0.1, -0.05) is 6.07 Å². The largest absolute Gasteiger partial charge is 0.459 e. The normalized spacial score (nSPS) is 10.4. The van der Waals surface area contributed by atoms with Crippen LogP contribution in [0.1, 0.15) is 40.3 Å². The number of esters is 1. The highest BCUT2D eigenvalue weighted by Gasteiger charge is 2.15. The Morgan fingerprint density at radius 2 is 1.96 bits per heavy atom. The molecule has 25 heavy (non-hydrogen) atoms. The highest BCUT2D eigenvalue weighted by atomic mass is 16.5. The van der Waals surface area contributed by atoms with Gasteiger partial charge in [-0.2, -0.15) is 0 Å². The van der Waals surface area contributed by atoms with Crippen LogP contribution in [0.2, 0.25) is 0 Å². The number of anilines is 1. The monoisotopic (exact) mass is 344 g/mol. The van der Waals surface area contributed by atoms with Gasteiger partial charge in [0.1, 0.15) is 0 Å². The molecular formula is C18H20N2O5. The number of rotatable bonds is 6. The number of carbonyl (C=O) groups is 3. The van der Waals surface area contributed by atoms with Crippen molar-refractivity contribution in [1.82, 2.24) is 5.32 Å². The molecule has 132 valence electrons. The summed E-state index contributed by atoms with van der Waals surface area (Å²) in [5, 5.41) is 5.31. The summed E-state index contributed by atoms with van der Waals surface area (Å²) in [6.07, 6.45) is 1.40. The van der Waals surface area contributed by atoms with Crippen molar-refractivity contribution >= 4 is 23.5 Å². The van der Waals surface area contributed by atoms with Gasteiger partial charge < -0.3 is 19.8 Å². The molecular weight excluding hydrogens is 324 g/mol. The molecule has 2 N–H and O–H groups in total. The average molecular weight is 344 g/mol. The number of carbonyl (C=O) groups excluding carboxylic acids is 3. The van der Waals surface area contributed by atoms with Crippen LogP contribution < -0.4 is 10.6 Å². The van der Waals surface area contributed by atoms with Crippen LogP contribution in [0, 0.1) is 6.92 Å². The lowest BCUT2D eigenvalue weighted by Gasteiger charge is -2.11. The standard InChI is InChI=1S/C18H20N2O5/c1-11(2)19-16(21)10-25-18(23)13-7-6-12(3)14(9-13)20-17(22)15-5-4-8-24-15/h4-9,11H,10H2,1-3H3,(H,19,21)(H,20,22). The molecule has 0 spiro atoms. The third kappa shape index (κ3) is 5.20. The zero-order valence-corrected chi connectivity index (χ0v) is 14.3. The van der Waals surface area contributed by atoms with Gasteiger partial charge >= 0.3 is 5.97 Å². The lowest BCUT2D eigenvalue weighted by atomic mass is 10.1. The average Bonchev–Trinajstić information content (AvgIpc) is 3.08. The molecule has 0 fully saturated rings. The summed E-state index contributed by atoms with van der Waals surface area (Å²) >= 11 is 0. The van der Waals surface area contributed by atoms with Crippen LogP contribution in [-0.2, 0) is 9.53 Å². The van der Waals surface area contributed by atoms with Crippen LogP contribution in [0.25, 0.3) is 0 Å². The van der Waals surface area contributed by atoms with Gasteiger partial charge in [-0.25, -0.2) is 4.79 Å². The van der Waals surface area contributed by atoms with E-state index in [0.717, 1.165) is 5.56 Å². The molecule has 2 rings (SSSR count). The number of aryl methyl sites for hydroxylation is 1. The number of nitrogens with one attached hydrogen (secondary N) is 2. The van der Waals surface area contributed by atoms with E-state index in [1.807, 2.05) is 13.8 Å². The minimum atomic E-state index is -0.646. The molecule has 1 aromatic carbocycles. The fourth-order valence-corrected chi connectivity index (χ4v) is 2.05. The molecule has 2 aromatic rings. The molecule has 0 aliphatic rings. The number of ether oxygens (including phenoxy) is 1. The Hall–Kier alpha value is -3.09. The van der Waals surface area contributed by atoms with E-state index in [1.54, 1.807) is 25.1 Å². The van der Waals surface area contributed by atoms with Crippen molar-refractivity contribution in [2.24, 2.45) is 0 Å². The van der Waals surface area contributed by atoms with Crippen molar-refractivity contribution < 1.29 is 23.5 Å². The highest BCUT2D eigenvalue weighted by molar-refractivity contribution is 6.03. The summed E-state index contributed by atoms with van der Waals surface area (Å²) in [6, 6.07) is 7.87. The van der Waals surface area contributed by atoms with Crippen LogP contribution in [-0.4, -0.2) is 30.4 Å². The fraction of sp³-hybridized carbons (Fsp3) is 0.278. The number of furan rings is 1. The summed E-state index contributed by atoms with van der Waals surface area (Å²) in [4.78, 5) is 35.7. The van der Waals surface area contributed by atoms with Gasteiger partial charge in [0.2, 0.25) is 0 Å². The molecule has 0 aliphatic carbocycles. The molecule has 1 heterocycles. The van der Waals surface area contributed by atoms with Gasteiger partial charge in [0.05, 0.1) is 11.8 Å². The quantitative estimate of drug-likeness (QED) is 0.785. The summed E-state index contributed by atoms with van der Waals surface area (Å²) in [5.41, 5.74) is 1.47. The highest BCUT2D eigenvalue weighted by Crippen LogP contribution is 2.19. The summed E-state index contributed by atoms with van der Waals surface area (Å²) < 4.78 is 10.0. The van der Waals surface area contributed by atoms with Crippen molar-refractivity contribution in [3.8, 4) is 0 Å². The van der Waals surface area contributed by atoms with Gasteiger partial charge in [-0.05, 0) is 50.6 Å². The maximum absolute atomic E-state index is 12.1. The van der Waals surface area contributed by atoms with Crippen LogP contribution >= 0.6 is 0 Å². The summed E-state index contributed by atoms with van der Waals surface area (Å²) in [6.45, 7) is 5.06. The molecule has 1 aromatic heterocycles. The Labute approximate surface area is 145 Å². The molecule has 0 bridgehead atoms. The Kier molecular flexibility index (Phi) is 5.94. The van der Waals surface area contributed by atoms with Gasteiger partial charge in [-0.15, -0.1) is 0 Å². The van der Waals surface area contributed by atoms with Crippen molar-refractivity contribution in [1.29, 1.82) is 0 Å². The van der Waals surface area contributed by atoms with E-state index in [9.17, 15) is 14.4 Å². The number of hydrogen-bond donors (Lipinski definition) is 2. The van der Waals surface area contributed by atoms with Gasteiger partial charge in [-0.3, -0.25) is 9.59 Å². The number of amides is 2. The van der Waals surface area contributed by atoms with E-state index in [4.69, 9.17) is 9.15 Å². The first kappa shape index (κ1) is 18.3. The smallest absolute Gasteiger partial charge is 0.338 e. The second-order valence-corrected chi connectivity index (χ2v) is 5.76. The van der Waals surface area contributed by atoms with Crippen molar-refractivity contribution in [2.45, 2.75) is 26.8 Å². The van der Waals surface area contributed by atoms with E-state index < -0.39 is 11.9 Å². The second-order valence-electron chi connectivity index (χ2n) is 5.76. The van der Waals surface area contributed by atoms with E-state index in [-0.39, 0.29) is 29.9 Å². The molecule has 0 saturated carbocycles. The first-order valence-electron chi connectivity index (χ1n) is 7.79. The zero-order chi connectivity index (χ0) is 18.4. The number of benzene rings is 1.